The molecule has 3 aromatic rings. The van der Waals surface area contributed by atoms with Crippen molar-refractivity contribution in [3.05, 3.63) is 53.7 Å². The van der Waals surface area contributed by atoms with Crippen LogP contribution < -0.4 is 5.32 Å². The van der Waals surface area contributed by atoms with Gasteiger partial charge >= 0.3 is 0 Å². The minimum atomic E-state index is -0.462. The standard InChI is InChI=1S/C18H15FN4O/c19-15-9-13(21-18(24)12-4-5-12)8-14-16(22-23-17(14)15)6-3-11-2-1-7-20-10-11/h1-3,6-10,12H,4-5H2,(H,21,24)(H,22,23). The summed E-state index contributed by atoms with van der Waals surface area (Å²) in [5, 5.41) is 10.2. The smallest absolute Gasteiger partial charge is 0.227 e. The van der Waals surface area contributed by atoms with Crippen molar-refractivity contribution < 1.29 is 9.18 Å². The van der Waals surface area contributed by atoms with E-state index in [1.54, 1.807) is 18.5 Å². The number of nitrogens with zero attached hydrogens (tertiary/aromatic N) is 2. The summed E-state index contributed by atoms with van der Waals surface area (Å²) in [6, 6.07) is 6.81. The summed E-state index contributed by atoms with van der Waals surface area (Å²) in [5.41, 5.74) is 2.31. The van der Waals surface area contributed by atoms with Crippen LogP contribution >= 0.6 is 0 Å². The van der Waals surface area contributed by atoms with E-state index >= 15 is 0 Å². The van der Waals surface area contributed by atoms with Crippen molar-refractivity contribution in [1.29, 1.82) is 0 Å². The van der Waals surface area contributed by atoms with E-state index in [-0.39, 0.29) is 17.3 Å². The number of aromatic nitrogens is 3. The van der Waals surface area contributed by atoms with E-state index in [4.69, 9.17) is 0 Å². The van der Waals surface area contributed by atoms with Crippen LogP contribution in [0.25, 0.3) is 23.1 Å². The van der Waals surface area contributed by atoms with Gasteiger partial charge < -0.3 is 5.32 Å². The van der Waals surface area contributed by atoms with E-state index in [0.29, 0.717) is 16.8 Å². The van der Waals surface area contributed by atoms with E-state index in [1.165, 1.54) is 6.07 Å². The normalized spacial score (nSPS) is 14.4. The second-order valence-electron chi connectivity index (χ2n) is 5.87. The fraction of sp³-hybridized carbons (Fsp3) is 0.167. The van der Waals surface area contributed by atoms with Crippen LogP contribution in [0, 0.1) is 11.7 Å². The molecular formula is C18H15FN4O. The Labute approximate surface area is 137 Å². The number of anilines is 1. The molecular weight excluding hydrogens is 307 g/mol. The number of halogens is 1. The van der Waals surface area contributed by atoms with Crippen LogP contribution in [-0.2, 0) is 4.79 Å². The van der Waals surface area contributed by atoms with Gasteiger partial charge in [-0.15, -0.1) is 0 Å². The first-order valence-electron chi connectivity index (χ1n) is 7.77. The molecule has 0 bridgehead atoms. The third-order valence-corrected chi connectivity index (χ3v) is 3.98. The largest absolute Gasteiger partial charge is 0.326 e. The van der Waals surface area contributed by atoms with Gasteiger partial charge in [0.05, 0.1) is 5.69 Å². The first-order chi connectivity index (χ1) is 11.7. The Kier molecular flexibility index (Phi) is 3.57. The zero-order valence-corrected chi connectivity index (χ0v) is 12.8. The molecule has 2 heterocycles. The highest BCUT2D eigenvalue weighted by atomic mass is 19.1. The van der Waals surface area contributed by atoms with E-state index in [9.17, 15) is 9.18 Å². The number of benzene rings is 1. The number of fused-ring (bicyclic) bond motifs is 1. The van der Waals surface area contributed by atoms with E-state index in [0.717, 1.165) is 18.4 Å². The maximum atomic E-state index is 14.2. The van der Waals surface area contributed by atoms with Gasteiger partial charge in [-0.2, -0.15) is 5.10 Å². The van der Waals surface area contributed by atoms with Crippen molar-refractivity contribution in [1.82, 2.24) is 15.2 Å². The molecule has 1 aliphatic rings. The molecule has 5 nitrogen and oxygen atoms in total. The van der Waals surface area contributed by atoms with Gasteiger partial charge in [-0.3, -0.25) is 14.9 Å². The van der Waals surface area contributed by atoms with Crippen molar-refractivity contribution in [3.8, 4) is 0 Å². The Morgan fingerprint density at radius 1 is 1.33 bits per heavy atom. The molecule has 1 saturated carbocycles. The maximum Gasteiger partial charge on any atom is 0.227 e. The van der Waals surface area contributed by atoms with Crippen LogP contribution in [0.4, 0.5) is 10.1 Å². The third-order valence-electron chi connectivity index (χ3n) is 3.98. The third kappa shape index (κ3) is 2.90. The Bertz CT molecular complexity index is 929. The fourth-order valence-electron chi connectivity index (χ4n) is 2.54. The molecule has 0 atom stereocenters. The average molecular weight is 322 g/mol. The van der Waals surface area contributed by atoms with Crippen LogP contribution in [0.1, 0.15) is 24.1 Å². The summed E-state index contributed by atoms with van der Waals surface area (Å²) < 4.78 is 14.2. The first kappa shape index (κ1) is 14.6. The fourth-order valence-corrected chi connectivity index (χ4v) is 2.54. The van der Waals surface area contributed by atoms with E-state index in [1.807, 2.05) is 24.3 Å². The highest BCUT2D eigenvalue weighted by Crippen LogP contribution is 2.31. The molecule has 2 aromatic heterocycles. The van der Waals surface area contributed by atoms with E-state index in [2.05, 4.69) is 20.5 Å². The molecule has 1 amide bonds. The maximum absolute atomic E-state index is 14.2. The molecule has 0 unspecified atom stereocenters. The Morgan fingerprint density at radius 3 is 2.96 bits per heavy atom. The zero-order chi connectivity index (χ0) is 16.5. The Balaban J connectivity index is 1.67. The summed E-state index contributed by atoms with van der Waals surface area (Å²) in [6.45, 7) is 0. The predicted molar refractivity (Wildman–Crippen MR) is 90.6 cm³/mol. The number of aromatic amines is 1. The summed E-state index contributed by atoms with van der Waals surface area (Å²) in [6.07, 6.45) is 8.93. The lowest BCUT2D eigenvalue weighted by atomic mass is 10.1. The lowest BCUT2D eigenvalue weighted by Crippen LogP contribution is -2.13. The molecule has 0 spiro atoms. The number of pyridine rings is 1. The van der Waals surface area contributed by atoms with Gasteiger partial charge in [-0.1, -0.05) is 12.1 Å². The number of rotatable bonds is 4. The molecule has 0 aliphatic heterocycles. The molecule has 0 radical (unpaired) electrons. The van der Waals surface area contributed by atoms with Gasteiger partial charge in [-0.25, -0.2) is 4.39 Å². The van der Waals surface area contributed by atoms with Crippen LogP contribution in [0.15, 0.2) is 36.7 Å². The lowest BCUT2D eigenvalue weighted by Gasteiger charge is -2.05. The number of hydrogen-bond acceptors (Lipinski definition) is 3. The summed E-state index contributed by atoms with van der Waals surface area (Å²) >= 11 is 0. The zero-order valence-electron chi connectivity index (χ0n) is 12.8. The van der Waals surface area contributed by atoms with Crippen LogP contribution in [0.2, 0.25) is 0 Å². The number of nitrogens with one attached hydrogen (secondary N) is 2. The van der Waals surface area contributed by atoms with Crippen molar-refractivity contribution >= 4 is 34.6 Å². The monoisotopic (exact) mass is 322 g/mol. The number of H-pyrrole nitrogens is 1. The summed E-state index contributed by atoms with van der Waals surface area (Å²) in [5.74, 6) is -0.446. The van der Waals surface area contributed by atoms with Crippen molar-refractivity contribution in [3.63, 3.8) is 0 Å². The first-order valence-corrected chi connectivity index (χ1v) is 7.77. The number of amides is 1. The molecule has 1 aromatic carbocycles. The van der Waals surface area contributed by atoms with Gasteiger partial charge in [0.2, 0.25) is 5.91 Å². The van der Waals surface area contributed by atoms with Gasteiger partial charge in [0.1, 0.15) is 5.52 Å². The van der Waals surface area contributed by atoms with Crippen LogP contribution in [-0.4, -0.2) is 21.1 Å². The Morgan fingerprint density at radius 2 is 2.21 bits per heavy atom. The van der Waals surface area contributed by atoms with Crippen LogP contribution in [0.3, 0.4) is 0 Å². The molecule has 2 N–H and O–H groups in total. The van der Waals surface area contributed by atoms with Gasteiger partial charge in [0.15, 0.2) is 5.82 Å². The minimum Gasteiger partial charge on any atom is -0.326 e. The van der Waals surface area contributed by atoms with Crippen molar-refractivity contribution in [2.24, 2.45) is 5.92 Å². The predicted octanol–water partition coefficient (Wildman–Crippen LogP) is 3.62. The topological polar surface area (TPSA) is 70.7 Å². The minimum absolute atomic E-state index is 0.0512. The molecule has 120 valence electrons. The SMILES string of the molecule is O=C(Nc1cc(F)c2n[nH]c(C=Cc3cccnc3)c2c1)C1CC1. The number of carbonyl (C=O) groups is 1. The van der Waals surface area contributed by atoms with Crippen molar-refractivity contribution in [2.75, 3.05) is 5.32 Å². The van der Waals surface area contributed by atoms with Gasteiger partial charge in [-0.05, 0) is 42.7 Å². The summed E-state index contributed by atoms with van der Waals surface area (Å²) in [7, 11) is 0. The molecule has 1 fully saturated rings. The molecule has 24 heavy (non-hydrogen) atoms. The van der Waals surface area contributed by atoms with Crippen molar-refractivity contribution in [2.45, 2.75) is 12.8 Å². The molecule has 0 saturated heterocycles. The van der Waals surface area contributed by atoms with Gasteiger partial charge in [0, 0.05) is 29.4 Å². The molecule has 1 aliphatic carbocycles. The number of carbonyl (C=O) groups excluding carboxylic acids is 1. The Hall–Kier alpha value is -3.02. The highest BCUT2D eigenvalue weighted by Gasteiger charge is 2.29. The second kappa shape index (κ2) is 5.88. The highest BCUT2D eigenvalue weighted by molar-refractivity contribution is 5.98. The van der Waals surface area contributed by atoms with E-state index < -0.39 is 5.82 Å². The van der Waals surface area contributed by atoms with Gasteiger partial charge in [0.25, 0.3) is 0 Å². The molecule has 4 rings (SSSR count). The summed E-state index contributed by atoms with van der Waals surface area (Å²) in [4.78, 5) is 15.9. The van der Waals surface area contributed by atoms with Crippen LogP contribution in [0.5, 0.6) is 0 Å². The number of hydrogen-bond donors (Lipinski definition) is 2. The second-order valence-corrected chi connectivity index (χ2v) is 5.87. The average Bonchev–Trinajstić information content (AvgIpc) is 3.36. The molecule has 6 heteroatoms. The lowest BCUT2D eigenvalue weighted by molar-refractivity contribution is -0.117. The quantitative estimate of drug-likeness (QED) is 0.771.